The van der Waals surface area contributed by atoms with E-state index in [0.717, 1.165) is 17.7 Å². The van der Waals surface area contributed by atoms with Gasteiger partial charge in [-0.25, -0.2) is 9.18 Å². The van der Waals surface area contributed by atoms with Crippen LogP contribution in [-0.2, 0) is 6.42 Å². The van der Waals surface area contributed by atoms with Crippen LogP contribution < -0.4 is 15.4 Å². The number of para-hydroxylation sites is 1. The smallest absolute Gasteiger partial charge is 0.321 e. The van der Waals surface area contributed by atoms with E-state index >= 15 is 0 Å². The van der Waals surface area contributed by atoms with Gasteiger partial charge in [0.05, 0.1) is 0 Å². The number of rotatable bonds is 5. The Morgan fingerprint density at radius 1 is 1.14 bits per heavy atom. The third-order valence-electron chi connectivity index (χ3n) is 2.92. The molecule has 0 aliphatic rings. The summed E-state index contributed by atoms with van der Waals surface area (Å²) in [6.07, 6.45) is 0.859. The first kappa shape index (κ1) is 14.8. The van der Waals surface area contributed by atoms with E-state index in [4.69, 9.17) is 4.74 Å². The third-order valence-corrected chi connectivity index (χ3v) is 2.92. The zero-order chi connectivity index (χ0) is 15.1. The van der Waals surface area contributed by atoms with Gasteiger partial charge in [-0.15, -0.1) is 0 Å². The number of hydrogen-bond acceptors (Lipinski definition) is 2. The molecule has 0 heterocycles. The molecule has 0 aromatic heterocycles. The van der Waals surface area contributed by atoms with E-state index < -0.39 is 6.03 Å². The molecule has 0 aliphatic carbocycles. The molecular formula is C16H17FN2O2. The Hall–Kier alpha value is -2.56. The minimum Gasteiger partial charge on any atom is -0.473 e. The topological polar surface area (TPSA) is 50.4 Å². The van der Waals surface area contributed by atoms with Gasteiger partial charge in [-0.2, -0.15) is 0 Å². The maximum absolute atomic E-state index is 12.7. The van der Waals surface area contributed by atoms with Crippen molar-refractivity contribution in [1.29, 1.82) is 0 Å². The molecule has 0 radical (unpaired) electrons. The van der Waals surface area contributed by atoms with Crippen LogP contribution in [0, 0.1) is 5.82 Å². The summed E-state index contributed by atoms with van der Waals surface area (Å²) >= 11 is 0. The van der Waals surface area contributed by atoms with Crippen molar-refractivity contribution in [2.24, 2.45) is 0 Å². The number of amides is 2. The number of aryl methyl sites for hydroxylation is 1. The Bertz CT molecular complexity index is 599. The van der Waals surface area contributed by atoms with E-state index in [1.807, 2.05) is 31.2 Å². The largest absolute Gasteiger partial charge is 0.473 e. The van der Waals surface area contributed by atoms with Gasteiger partial charge in [0.25, 0.3) is 0 Å². The Morgan fingerprint density at radius 3 is 2.57 bits per heavy atom. The molecule has 2 aromatic carbocycles. The van der Waals surface area contributed by atoms with Crippen LogP contribution in [0.4, 0.5) is 14.9 Å². The van der Waals surface area contributed by atoms with Crippen molar-refractivity contribution in [3.8, 4) is 5.75 Å². The van der Waals surface area contributed by atoms with Crippen molar-refractivity contribution >= 4 is 11.7 Å². The van der Waals surface area contributed by atoms with Gasteiger partial charge in [0, 0.05) is 5.69 Å². The lowest BCUT2D eigenvalue weighted by molar-refractivity contribution is 0.234. The van der Waals surface area contributed by atoms with Crippen LogP contribution >= 0.6 is 0 Å². The van der Waals surface area contributed by atoms with Crippen LogP contribution in [0.3, 0.4) is 0 Å². The molecule has 0 atom stereocenters. The zero-order valence-electron chi connectivity index (χ0n) is 11.7. The molecule has 2 rings (SSSR count). The van der Waals surface area contributed by atoms with Gasteiger partial charge in [0.1, 0.15) is 11.6 Å². The van der Waals surface area contributed by atoms with E-state index in [9.17, 15) is 9.18 Å². The highest BCUT2D eigenvalue weighted by Gasteiger charge is 2.03. The average molecular weight is 288 g/mol. The van der Waals surface area contributed by atoms with Crippen LogP contribution in [0.2, 0.25) is 0 Å². The van der Waals surface area contributed by atoms with Crippen LogP contribution in [0.15, 0.2) is 48.5 Å². The second-order valence-electron chi connectivity index (χ2n) is 4.39. The Kier molecular flexibility index (Phi) is 5.15. The third kappa shape index (κ3) is 4.49. The average Bonchev–Trinajstić information content (AvgIpc) is 2.50. The van der Waals surface area contributed by atoms with E-state index in [0.29, 0.717) is 5.69 Å². The molecule has 0 unspecified atom stereocenters. The van der Waals surface area contributed by atoms with Crippen LogP contribution in [0.1, 0.15) is 12.5 Å². The number of urea groups is 1. The summed E-state index contributed by atoms with van der Waals surface area (Å²) in [6.45, 7) is 2.10. The van der Waals surface area contributed by atoms with Gasteiger partial charge in [-0.3, -0.25) is 0 Å². The molecule has 2 N–H and O–H groups in total. The molecule has 2 amide bonds. The molecule has 0 bridgehead atoms. The zero-order valence-corrected chi connectivity index (χ0v) is 11.7. The summed E-state index contributed by atoms with van der Waals surface area (Å²) in [4.78, 5) is 11.6. The first-order valence-corrected chi connectivity index (χ1v) is 6.70. The van der Waals surface area contributed by atoms with Gasteiger partial charge in [-0.1, -0.05) is 25.1 Å². The summed E-state index contributed by atoms with van der Waals surface area (Å²) in [6, 6.07) is 12.8. The molecule has 0 saturated carbocycles. The standard InChI is InChI=1S/C16H17FN2O2/c1-2-12-5-3-4-6-15(12)21-11-18-16(20)19-14-9-7-13(17)8-10-14/h3-10H,2,11H2,1H3,(H2,18,19,20). The van der Waals surface area contributed by atoms with Gasteiger partial charge in [-0.05, 0) is 42.3 Å². The summed E-state index contributed by atoms with van der Waals surface area (Å²) in [5, 5.41) is 5.17. The fourth-order valence-electron chi connectivity index (χ4n) is 1.82. The maximum atomic E-state index is 12.7. The minimum atomic E-state index is -0.407. The first-order chi connectivity index (χ1) is 10.2. The lowest BCUT2D eigenvalue weighted by Gasteiger charge is -2.11. The molecule has 0 spiro atoms. The van der Waals surface area contributed by atoms with Gasteiger partial charge < -0.3 is 15.4 Å². The lowest BCUT2D eigenvalue weighted by Crippen LogP contribution is -2.32. The fourth-order valence-corrected chi connectivity index (χ4v) is 1.82. The molecule has 5 heteroatoms. The van der Waals surface area contributed by atoms with E-state index in [1.54, 1.807) is 0 Å². The SMILES string of the molecule is CCc1ccccc1OCNC(=O)Nc1ccc(F)cc1. The molecule has 0 fully saturated rings. The quantitative estimate of drug-likeness (QED) is 0.827. The molecular weight excluding hydrogens is 271 g/mol. The number of carbonyl (C=O) groups is 1. The highest BCUT2D eigenvalue weighted by atomic mass is 19.1. The monoisotopic (exact) mass is 288 g/mol. The second-order valence-corrected chi connectivity index (χ2v) is 4.39. The van der Waals surface area contributed by atoms with E-state index in [1.165, 1.54) is 24.3 Å². The van der Waals surface area contributed by atoms with Crippen molar-refractivity contribution in [3.05, 3.63) is 59.9 Å². The molecule has 110 valence electrons. The number of nitrogens with one attached hydrogen (secondary N) is 2. The lowest BCUT2D eigenvalue weighted by atomic mass is 10.1. The summed E-state index contributed by atoms with van der Waals surface area (Å²) in [5.74, 6) is 0.405. The number of anilines is 1. The number of hydrogen-bond donors (Lipinski definition) is 2. The van der Waals surface area contributed by atoms with Crippen molar-refractivity contribution < 1.29 is 13.9 Å². The fraction of sp³-hybridized carbons (Fsp3) is 0.188. The number of benzene rings is 2. The predicted molar refractivity (Wildman–Crippen MR) is 79.9 cm³/mol. The molecule has 4 nitrogen and oxygen atoms in total. The van der Waals surface area contributed by atoms with Gasteiger partial charge in [0.15, 0.2) is 6.73 Å². The Morgan fingerprint density at radius 2 is 1.86 bits per heavy atom. The first-order valence-electron chi connectivity index (χ1n) is 6.70. The summed E-state index contributed by atoms with van der Waals surface area (Å²) < 4.78 is 18.3. The van der Waals surface area contributed by atoms with E-state index in [-0.39, 0.29) is 12.5 Å². The van der Waals surface area contributed by atoms with Crippen molar-refractivity contribution in [2.45, 2.75) is 13.3 Å². The Labute approximate surface area is 122 Å². The van der Waals surface area contributed by atoms with Gasteiger partial charge in [0.2, 0.25) is 0 Å². The molecule has 0 aliphatic heterocycles. The number of halogens is 1. The molecule has 0 saturated heterocycles. The number of ether oxygens (including phenoxy) is 1. The van der Waals surface area contributed by atoms with Crippen LogP contribution in [-0.4, -0.2) is 12.8 Å². The minimum absolute atomic E-state index is 0.0596. The normalized spacial score (nSPS) is 10.0. The maximum Gasteiger partial charge on any atom is 0.321 e. The van der Waals surface area contributed by atoms with Crippen LogP contribution in [0.5, 0.6) is 5.75 Å². The molecule has 2 aromatic rings. The van der Waals surface area contributed by atoms with Crippen LogP contribution in [0.25, 0.3) is 0 Å². The predicted octanol–water partition coefficient (Wildman–Crippen LogP) is 3.55. The van der Waals surface area contributed by atoms with Crippen molar-refractivity contribution in [1.82, 2.24) is 5.32 Å². The van der Waals surface area contributed by atoms with Gasteiger partial charge >= 0.3 is 6.03 Å². The summed E-state index contributed by atoms with van der Waals surface area (Å²) in [7, 11) is 0. The summed E-state index contributed by atoms with van der Waals surface area (Å²) in [5.41, 5.74) is 1.60. The second kappa shape index (κ2) is 7.28. The van der Waals surface area contributed by atoms with Crippen molar-refractivity contribution in [3.63, 3.8) is 0 Å². The highest BCUT2D eigenvalue weighted by Crippen LogP contribution is 2.17. The highest BCUT2D eigenvalue weighted by molar-refractivity contribution is 5.89. The van der Waals surface area contributed by atoms with Crippen molar-refractivity contribution in [2.75, 3.05) is 12.0 Å². The Balaban J connectivity index is 1.80. The number of carbonyl (C=O) groups excluding carboxylic acids is 1. The molecule has 21 heavy (non-hydrogen) atoms. The van der Waals surface area contributed by atoms with E-state index in [2.05, 4.69) is 10.6 Å².